The van der Waals surface area contributed by atoms with Crippen LogP contribution in [0.1, 0.15) is 31.7 Å². The van der Waals surface area contributed by atoms with Gasteiger partial charge in [0.2, 0.25) is 0 Å². The van der Waals surface area contributed by atoms with Crippen molar-refractivity contribution in [2.75, 3.05) is 11.4 Å². The van der Waals surface area contributed by atoms with Crippen molar-refractivity contribution in [1.82, 2.24) is 0 Å². The summed E-state index contributed by atoms with van der Waals surface area (Å²) >= 11 is 0. The first-order chi connectivity index (χ1) is 11.3. The van der Waals surface area contributed by atoms with Crippen LogP contribution in [0.15, 0.2) is 48.5 Å². The molecule has 3 rings (SSSR count). The molecule has 2 aromatic carbocycles. The average Bonchev–Trinajstić information content (AvgIpc) is 2.59. The number of hydrogen-bond acceptors (Lipinski definition) is 3. The second-order valence-corrected chi connectivity index (χ2v) is 5.62. The highest BCUT2D eigenvalue weighted by Gasteiger charge is 2.23. The molecule has 1 heterocycles. The van der Waals surface area contributed by atoms with Crippen LogP contribution in [0.2, 0.25) is 0 Å². The summed E-state index contributed by atoms with van der Waals surface area (Å²) in [6, 6.07) is 16.3. The Morgan fingerprint density at radius 2 is 1.91 bits per heavy atom. The molecule has 0 aromatic heterocycles. The minimum absolute atomic E-state index is 0.847. The van der Waals surface area contributed by atoms with Crippen molar-refractivity contribution in [1.29, 1.82) is 5.26 Å². The lowest BCUT2D eigenvalue weighted by Crippen LogP contribution is -2.22. The fourth-order valence-electron chi connectivity index (χ4n) is 2.85. The Morgan fingerprint density at radius 3 is 2.74 bits per heavy atom. The van der Waals surface area contributed by atoms with Gasteiger partial charge in [0.15, 0.2) is 11.5 Å². The van der Waals surface area contributed by atoms with Crippen LogP contribution in [0, 0.1) is 11.3 Å². The summed E-state index contributed by atoms with van der Waals surface area (Å²) in [5, 5.41) is 8.68. The van der Waals surface area contributed by atoms with Gasteiger partial charge in [0.05, 0.1) is 17.4 Å². The first-order valence-electron chi connectivity index (χ1n) is 8.08. The zero-order valence-electron chi connectivity index (χ0n) is 13.3. The third kappa shape index (κ3) is 3.22. The molecule has 0 atom stereocenters. The van der Waals surface area contributed by atoms with Crippen molar-refractivity contribution in [3.8, 4) is 17.6 Å². The number of nitrogens with zero attached hydrogens (tertiary/aromatic N) is 2. The van der Waals surface area contributed by atoms with E-state index in [9.17, 15) is 0 Å². The maximum absolute atomic E-state index is 8.68. The van der Waals surface area contributed by atoms with Crippen molar-refractivity contribution in [2.24, 2.45) is 0 Å². The SMILES string of the molecule is CCCCCN1c2ccccc2Oc2cc(C=CC#N)ccc21. The molecule has 3 heteroatoms. The summed E-state index contributed by atoms with van der Waals surface area (Å²) < 4.78 is 6.08. The molecule has 0 amide bonds. The summed E-state index contributed by atoms with van der Waals surface area (Å²) in [6.45, 7) is 3.20. The fraction of sp³-hybridized carbons (Fsp3) is 0.250. The summed E-state index contributed by atoms with van der Waals surface area (Å²) in [4.78, 5) is 2.33. The van der Waals surface area contributed by atoms with E-state index in [1.807, 2.05) is 36.4 Å². The van der Waals surface area contributed by atoms with Gasteiger partial charge in [-0.15, -0.1) is 0 Å². The van der Waals surface area contributed by atoms with Crippen molar-refractivity contribution >= 4 is 17.5 Å². The Bertz CT molecular complexity index is 758. The summed E-state index contributed by atoms with van der Waals surface area (Å²) in [5.74, 6) is 1.73. The van der Waals surface area contributed by atoms with Crippen LogP contribution in [0.25, 0.3) is 6.08 Å². The largest absolute Gasteiger partial charge is 0.453 e. The lowest BCUT2D eigenvalue weighted by molar-refractivity contribution is 0.472. The van der Waals surface area contributed by atoms with Crippen LogP contribution in [0.5, 0.6) is 11.5 Å². The molecule has 3 nitrogen and oxygen atoms in total. The Morgan fingerprint density at radius 1 is 1.09 bits per heavy atom. The van der Waals surface area contributed by atoms with Gasteiger partial charge >= 0.3 is 0 Å². The molecule has 0 radical (unpaired) electrons. The highest BCUT2D eigenvalue weighted by atomic mass is 16.5. The van der Waals surface area contributed by atoms with Gasteiger partial charge in [0, 0.05) is 12.6 Å². The van der Waals surface area contributed by atoms with Crippen LogP contribution in [-0.4, -0.2) is 6.54 Å². The first kappa shape index (κ1) is 15.2. The standard InChI is InChI=1S/C20H20N2O/c1-2-3-6-14-22-17-9-4-5-10-19(17)23-20-15-16(8-7-13-21)11-12-18(20)22/h4-5,7-12,15H,2-3,6,14H2,1H3. The third-order valence-electron chi connectivity index (χ3n) is 3.99. The Kier molecular flexibility index (Phi) is 4.63. The second-order valence-electron chi connectivity index (χ2n) is 5.62. The van der Waals surface area contributed by atoms with Gasteiger partial charge in [0.1, 0.15) is 0 Å². The van der Waals surface area contributed by atoms with Crippen molar-refractivity contribution in [3.05, 3.63) is 54.1 Å². The molecule has 0 saturated heterocycles. The third-order valence-corrected chi connectivity index (χ3v) is 3.99. The summed E-state index contributed by atoms with van der Waals surface area (Å²) in [6.07, 6.45) is 6.86. The van der Waals surface area contributed by atoms with Crippen molar-refractivity contribution < 1.29 is 4.74 Å². The first-order valence-corrected chi connectivity index (χ1v) is 8.08. The van der Waals surface area contributed by atoms with Crippen LogP contribution in [-0.2, 0) is 0 Å². The van der Waals surface area contributed by atoms with Gasteiger partial charge in [-0.2, -0.15) is 5.26 Å². The number of ether oxygens (including phenoxy) is 1. The number of allylic oxidation sites excluding steroid dienone is 1. The van der Waals surface area contributed by atoms with Crippen LogP contribution < -0.4 is 9.64 Å². The maximum atomic E-state index is 8.68. The number of hydrogen-bond donors (Lipinski definition) is 0. The molecule has 23 heavy (non-hydrogen) atoms. The van der Waals surface area contributed by atoms with Gasteiger partial charge in [-0.3, -0.25) is 0 Å². The monoisotopic (exact) mass is 304 g/mol. The number of nitriles is 1. The molecule has 0 unspecified atom stereocenters. The molecule has 1 aliphatic rings. The topological polar surface area (TPSA) is 36.3 Å². The molecular formula is C20H20N2O. The zero-order chi connectivity index (χ0) is 16.1. The number of para-hydroxylation sites is 2. The van der Waals surface area contributed by atoms with E-state index in [1.54, 1.807) is 6.08 Å². The molecule has 0 saturated carbocycles. The van der Waals surface area contributed by atoms with E-state index in [4.69, 9.17) is 10.00 Å². The van der Waals surface area contributed by atoms with Crippen LogP contribution in [0.4, 0.5) is 11.4 Å². The van der Waals surface area contributed by atoms with E-state index < -0.39 is 0 Å². The summed E-state index contributed by atoms with van der Waals surface area (Å²) in [7, 11) is 0. The average molecular weight is 304 g/mol. The van der Waals surface area contributed by atoms with Gasteiger partial charge in [0.25, 0.3) is 0 Å². The Labute approximate surface area is 137 Å². The zero-order valence-corrected chi connectivity index (χ0v) is 13.3. The number of rotatable bonds is 5. The summed E-state index contributed by atoms with van der Waals surface area (Å²) in [5.41, 5.74) is 3.18. The number of fused-ring (bicyclic) bond motifs is 2. The maximum Gasteiger partial charge on any atom is 0.151 e. The smallest absolute Gasteiger partial charge is 0.151 e. The molecule has 0 fully saturated rings. The predicted molar refractivity (Wildman–Crippen MR) is 94.1 cm³/mol. The van der Waals surface area contributed by atoms with Crippen molar-refractivity contribution in [2.45, 2.75) is 26.2 Å². The van der Waals surface area contributed by atoms with E-state index in [0.717, 1.165) is 41.4 Å². The Balaban J connectivity index is 1.97. The normalized spacial score (nSPS) is 12.4. The van der Waals surface area contributed by atoms with Gasteiger partial charge in [-0.25, -0.2) is 0 Å². The second kappa shape index (κ2) is 7.02. The molecule has 116 valence electrons. The highest BCUT2D eigenvalue weighted by molar-refractivity contribution is 5.79. The predicted octanol–water partition coefficient (Wildman–Crippen LogP) is 5.66. The molecule has 0 bridgehead atoms. The molecule has 1 aliphatic heterocycles. The quantitative estimate of drug-likeness (QED) is 0.528. The lowest BCUT2D eigenvalue weighted by atomic mass is 10.1. The van der Waals surface area contributed by atoms with E-state index in [1.165, 1.54) is 18.9 Å². The molecular weight excluding hydrogens is 284 g/mol. The van der Waals surface area contributed by atoms with E-state index in [2.05, 4.69) is 24.0 Å². The van der Waals surface area contributed by atoms with Crippen molar-refractivity contribution in [3.63, 3.8) is 0 Å². The fourth-order valence-corrected chi connectivity index (χ4v) is 2.85. The lowest BCUT2D eigenvalue weighted by Gasteiger charge is -2.33. The minimum atomic E-state index is 0.847. The van der Waals surface area contributed by atoms with Crippen LogP contribution in [0.3, 0.4) is 0 Å². The number of anilines is 2. The molecule has 2 aromatic rings. The molecule has 0 N–H and O–H groups in total. The Hall–Kier alpha value is -2.73. The van der Waals surface area contributed by atoms with E-state index >= 15 is 0 Å². The number of unbranched alkanes of at least 4 members (excludes halogenated alkanes) is 2. The van der Waals surface area contributed by atoms with Crippen LogP contribution >= 0.6 is 0 Å². The highest BCUT2D eigenvalue weighted by Crippen LogP contribution is 2.46. The van der Waals surface area contributed by atoms with Gasteiger partial charge < -0.3 is 9.64 Å². The molecule has 0 spiro atoms. The van der Waals surface area contributed by atoms with E-state index in [-0.39, 0.29) is 0 Å². The van der Waals surface area contributed by atoms with Gasteiger partial charge in [-0.1, -0.05) is 38.0 Å². The molecule has 0 aliphatic carbocycles. The van der Waals surface area contributed by atoms with E-state index in [0.29, 0.717) is 0 Å². The number of benzene rings is 2. The minimum Gasteiger partial charge on any atom is -0.453 e. The van der Waals surface area contributed by atoms with Gasteiger partial charge in [-0.05, 0) is 42.3 Å².